The van der Waals surface area contributed by atoms with Crippen LogP contribution >= 0.6 is 0 Å². The summed E-state index contributed by atoms with van der Waals surface area (Å²) in [6.07, 6.45) is -1.92. The van der Waals surface area contributed by atoms with Gasteiger partial charge in [0.1, 0.15) is 12.1 Å². The molecule has 0 bridgehead atoms. The van der Waals surface area contributed by atoms with E-state index in [1.807, 2.05) is 0 Å². The number of rotatable bonds is 9. The van der Waals surface area contributed by atoms with Gasteiger partial charge in [-0.1, -0.05) is 66.7 Å². The van der Waals surface area contributed by atoms with E-state index in [1.165, 1.54) is 54.6 Å². The lowest BCUT2D eigenvalue weighted by molar-refractivity contribution is -0.304. The van der Waals surface area contributed by atoms with Gasteiger partial charge in [0.15, 0.2) is 23.3 Å². The smallest absolute Gasteiger partial charge is 0.217 e. The fourth-order valence-corrected chi connectivity index (χ4v) is 4.14. The Labute approximate surface area is 196 Å². The lowest BCUT2D eigenvalue weighted by Gasteiger charge is -2.54. The maximum Gasteiger partial charge on any atom is 0.217 e. The van der Waals surface area contributed by atoms with Crippen LogP contribution in [0.2, 0.25) is 0 Å². The molecule has 9 heteroatoms. The van der Waals surface area contributed by atoms with Crippen molar-refractivity contribution in [1.82, 2.24) is 5.32 Å². The van der Waals surface area contributed by atoms with Gasteiger partial charge in [-0.2, -0.15) is 0 Å². The standard InChI is InChI=1S/C25H27NO8/c1-3-14-33-23-20(26-16(2)28)25(32,22(30)18-12-8-5-9-13-18)24(31,19(15-27)34-23)21(29)17-10-6-4-7-11-17/h3-13,19-20,23,27,31-32H,1,14-15H2,2H3,(H,26,28)/t19-,20+,23+,24+,25+/m1/s1. The van der Waals surface area contributed by atoms with E-state index in [4.69, 9.17) is 9.47 Å². The zero-order chi connectivity index (χ0) is 24.9. The fraction of sp³-hybridized carbons (Fsp3) is 0.320. The van der Waals surface area contributed by atoms with Crippen LogP contribution in [-0.2, 0) is 14.3 Å². The largest absolute Gasteiger partial charge is 0.394 e. The van der Waals surface area contributed by atoms with Crippen molar-refractivity contribution in [3.63, 3.8) is 0 Å². The van der Waals surface area contributed by atoms with E-state index in [9.17, 15) is 29.7 Å². The predicted octanol–water partition coefficient (Wildman–Crippen LogP) is 0.639. The number of aliphatic hydroxyl groups is 3. The number of ether oxygens (including phenoxy) is 2. The van der Waals surface area contributed by atoms with Gasteiger partial charge in [0.05, 0.1) is 13.2 Å². The first-order valence-electron chi connectivity index (χ1n) is 10.6. The molecule has 9 nitrogen and oxygen atoms in total. The molecule has 2 aromatic carbocycles. The van der Waals surface area contributed by atoms with Crippen molar-refractivity contribution >= 4 is 17.5 Å². The first kappa shape index (κ1) is 25.4. The van der Waals surface area contributed by atoms with Gasteiger partial charge in [-0.25, -0.2) is 0 Å². The fourth-order valence-electron chi connectivity index (χ4n) is 4.14. The summed E-state index contributed by atoms with van der Waals surface area (Å²) in [6.45, 7) is 3.61. The van der Waals surface area contributed by atoms with Gasteiger partial charge in [0.2, 0.25) is 11.7 Å². The number of benzene rings is 2. The highest BCUT2D eigenvalue weighted by molar-refractivity contribution is 6.13. The van der Waals surface area contributed by atoms with Crippen LogP contribution in [0.5, 0.6) is 0 Å². The van der Waals surface area contributed by atoms with Crippen LogP contribution < -0.4 is 5.32 Å². The van der Waals surface area contributed by atoms with Crippen LogP contribution in [0.25, 0.3) is 0 Å². The van der Waals surface area contributed by atoms with Crippen molar-refractivity contribution in [3.8, 4) is 0 Å². The molecule has 0 aromatic heterocycles. The number of carbonyl (C=O) groups excluding carboxylic acids is 3. The second kappa shape index (κ2) is 10.4. The van der Waals surface area contributed by atoms with Crippen LogP contribution in [0.15, 0.2) is 73.3 Å². The van der Waals surface area contributed by atoms with Gasteiger partial charge in [-0.3, -0.25) is 14.4 Å². The summed E-state index contributed by atoms with van der Waals surface area (Å²) in [6, 6.07) is 13.3. The molecular formula is C25H27NO8. The molecule has 5 atom stereocenters. The Hall–Kier alpha value is -3.21. The third kappa shape index (κ3) is 4.31. The molecule has 180 valence electrons. The minimum absolute atomic E-state index is 0.0410. The molecule has 1 amide bonds. The van der Waals surface area contributed by atoms with Gasteiger partial charge in [-0.15, -0.1) is 6.58 Å². The van der Waals surface area contributed by atoms with Crippen LogP contribution in [0.4, 0.5) is 0 Å². The summed E-state index contributed by atoms with van der Waals surface area (Å²) in [5, 5.41) is 36.5. The lowest BCUT2D eigenvalue weighted by Crippen LogP contribution is -2.83. The summed E-state index contributed by atoms with van der Waals surface area (Å²) in [4.78, 5) is 39.6. The van der Waals surface area contributed by atoms with Crippen LogP contribution in [0.1, 0.15) is 27.6 Å². The zero-order valence-electron chi connectivity index (χ0n) is 18.6. The average molecular weight is 469 g/mol. The van der Waals surface area contributed by atoms with E-state index < -0.39 is 53.7 Å². The zero-order valence-corrected chi connectivity index (χ0v) is 18.6. The summed E-state index contributed by atoms with van der Waals surface area (Å²) >= 11 is 0. The highest BCUT2D eigenvalue weighted by Gasteiger charge is 2.72. The molecule has 34 heavy (non-hydrogen) atoms. The van der Waals surface area contributed by atoms with Crippen molar-refractivity contribution < 1.29 is 39.2 Å². The number of Topliss-reactive ketones (excluding diaryl/α,β-unsaturated/α-hetero) is 2. The Balaban J connectivity index is 2.29. The van der Waals surface area contributed by atoms with Gasteiger partial charge < -0.3 is 30.1 Å². The van der Waals surface area contributed by atoms with Gasteiger partial charge in [-0.05, 0) is 0 Å². The third-order valence-electron chi connectivity index (χ3n) is 5.73. The van der Waals surface area contributed by atoms with Crippen molar-refractivity contribution in [2.75, 3.05) is 13.2 Å². The van der Waals surface area contributed by atoms with Gasteiger partial charge >= 0.3 is 0 Å². The lowest BCUT2D eigenvalue weighted by atomic mass is 9.64. The normalized spacial score (nSPS) is 28.6. The Bertz CT molecular complexity index is 1040. The molecule has 1 fully saturated rings. The highest BCUT2D eigenvalue weighted by atomic mass is 16.7. The number of amides is 1. The van der Waals surface area contributed by atoms with Gasteiger partial charge in [0, 0.05) is 18.1 Å². The van der Waals surface area contributed by atoms with Crippen LogP contribution in [-0.4, -0.2) is 75.6 Å². The molecule has 1 heterocycles. The van der Waals surface area contributed by atoms with E-state index >= 15 is 0 Å². The van der Waals surface area contributed by atoms with Crippen LogP contribution in [0, 0.1) is 0 Å². The minimum Gasteiger partial charge on any atom is -0.394 e. The SMILES string of the molecule is C=CCO[C@H]1O[C@H](CO)[C@](O)(C(=O)c2ccccc2)[C@@](O)(C(=O)c2ccccc2)[C@H]1NC(C)=O. The van der Waals surface area contributed by atoms with E-state index in [0.29, 0.717) is 0 Å². The number of hydrogen-bond donors (Lipinski definition) is 4. The number of hydrogen-bond acceptors (Lipinski definition) is 8. The molecule has 3 rings (SSSR count). The van der Waals surface area contributed by atoms with Crippen molar-refractivity contribution in [3.05, 3.63) is 84.4 Å². The molecule has 0 aliphatic carbocycles. The van der Waals surface area contributed by atoms with E-state index in [-0.39, 0.29) is 17.7 Å². The number of aliphatic hydroxyl groups excluding tert-OH is 1. The quantitative estimate of drug-likeness (QED) is 0.310. The average Bonchev–Trinajstić information content (AvgIpc) is 2.86. The van der Waals surface area contributed by atoms with Crippen molar-refractivity contribution in [2.45, 2.75) is 36.6 Å². The highest BCUT2D eigenvalue weighted by Crippen LogP contribution is 2.43. The molecule has 2 aromatic rings. The molecule has 1 saturated heterocycles. The van der Waals surface area contributed by atoms with Crippen molar-refractivity contribution in [1.29, 1.82) is 0 Å². The Morgan fingerprint density at radius 3 is 1.94 bits per heavy atom. The first-order chi connectivity index (χ1) is 16.2. The summed E-state index contributed by atoms with van der Waals surface area (Å²) in [5.74, 6) is -2.82. The maximum absolute atomic E-state index is 13.8. The predicted molar refractivity (Wildman–Crippen MR) is 121 cm³/mol. The van der Waals surface area contributed by atoms with E-state index in [0.717, 1.165) is 6.92 Å². The third-order valence-corrected chi connectivity index (χ3v) is 5.73. The molecular weight excluding hydrogens is 442 g/mol. The first-order valence-corrected chi connectivity index (χ1v) is 10.6. The second-order valence-corrected chi connectivity index (χ2v) is 7.90. The maximum atomic E-state index is 13.8. The Morgan fingerprint density at radius 1 is 1.00 bits per heavy atom. The molecule has 4 N–H and O–H groups in total. The second-order valence-electron chi connectivity index (χ2n) is 7.90. The number of carbonyl (C=O) groups is 3. The summed E-state index contributed by atoms with van der Waals surface area (Å²) in [7, 11) is 0. The van der Waals surface area contributed by atoms with Crippen LogP contribution in [0.3, 0.4) is 0 Å². The molecule has 0 saturated carbocycles. The number of nitrogens with one attached hydrogen (secondary N) is 1. The molecule has 1 aliphatic rings. The summed E-state index contributed by atoms with van der Waals surface area (Å²) < 4.78 is 11.2. The van der Waals surface area contributed by atoms with E-state index in [2.05, 4.69) is 11.9 Å². The number of ketones is 2. The molecule has 0 radical (unpaired) electrons. The molecule has 0 spiro atoms. The molecule has 0 unspecified atom stereocenters. The Kier molecular flexibility index (Phi) is 7.75. The topological polar surface area (TPSA) is 142 Å². The minimum atomic E-state index is -3.00. The van der Waals surface area contributed by atoms with Crippen molar-refractivity contribution in [2.24, 2.45) is 0 Å². The molecule has 1 aliphatic heterocycles. The van der Waals surface area contributed by atoms with E-state index in [1.54, 1.807) is 12.1 Å². The summed E-state index contributed by atoms with van der Waals surface area (Å²) in [5.41, 5.74) is -6.08. The Morgan fingerprint density at radius 2 is 1.50 bits per heavy atom. The monoisotopic (exact) mass is 469 g/mol. The van der Waals surface area contributed by atoms with Gasteiger partial charge in [0.25, 0.3) is 0 Å².